The van der Waals surface area contributed by atoms with E-state index in [0.717, 1.165) is 17.8 Å². The standard InChI is InChI=1S/C17H22O/c18-17(16-13-9-4-10-14(13)16)15-8-2-1-7-12(15)11-5-3-6-11/h1-2,7-8,11,13-14,16-18H,3-6,9-10H2. The first-order chi connectivity index (χ1) is 8.86. The van der Waals surface area contributed by atoms with Crippen LogP contribution < -0.4 is 0 Å². The van der Waals surface area contributed by atoms with Crippen LogP contribution in [0.3, 0.4) is 0 Å². The van der Waals surface area contributed by atoms with Crippen LogP contribution in [0.25, 0.3) is 0 Å². The predicted molar refractivity (Wildman–Crippen MR) is 72.3 cm³/mol. The zero-order chi connectivity index (χ0) is 12.1. The van der Waals surface area contributed by atoms with Crippen LogP contribution in [0.15, 0.2) is 24.3 Å². The average molecular weight is 242 g/mol. The third kappa shape index (κ3) is 1.56. The van der Waals surface area contributed by atoms with Crippen molar-refractivity contribution >= 4 is 0 Å². The first-order valence-corrected chi connectivity index (χ1v) is 7.63. The van der Waals surface area contributed by atoms with Gasteiger partial charge in [0.2, 0.25) is 0 Å². The summed E-state index contributed by atoms with van der Waals surface area (Å²) in [6.45, 7) is 0. The molecule has 96 valence electrons. The van der Waals surface area contributed by atoms with E-state index in [9.17, 15) is 5.11 Å². The molecule has 3 saturated carbocycles. The first-order valence-electron chi connectivity index (χ1n) is 7.63. The summed E-state index contributed by atoms with van der Waals surface area (Å²) in [5, 5.41) is 10.7. The smallest absolute Gasteiger partial charge is 0.0826 e. The molecule has 3 aliphatic rings. The Kier molecular flexibility index (Phi) is 2.51. The second kappa shape index (κ2) is 4.09. The monoisotopic (exact) mass is 242 g/mol. The van der Waals surface area contributed by atoms with Crippen molar-refractivity contribution < 1.29 is 5.11 Å². The van der Waals surface area contributed by atoms with Crippen molar-refractivity contribution in [2.24, 2.45) is 17.8 Å². The molecule has 4 rings (SSSR count). The molecule has 3 atom stereocenters. The highest BCUT2D eigenvalue weighted by atomic mass is 16.3. The molecular weight excluding hydrogens is 220 g/mol. The van der Waals surface area contributed by atoms with Crippen LogP contribution >= 0.6 is 0 Å². The van der Waals surface area contributed by atoms with Crippen molar-refractivity contribution in [1.29, 1.82) is 0 Å². The number of aliphatic hydroxyl groups excluding tert-OH is 1. The summed E-state index contributed by atoms with van der Waals surface area (Å²) in [6.07, 6.45) is 7.93. The Labute approximate surface area is 109 Å². The minimum atomic E-state index is -0.183. The third-order valence-corrected chi connectivity index (χ3v) is 5.70. The molecule has 1 aromatic rings. The van der Waals surface area contributed by atoms with Gasteiger partial charge in [-0.05, 0) is 60.5 Å². The van der Waals surface area contributed by atoms with Gasteiger partial charge in [-0.1, -0.05) is 37.1 Å². The molecule has 3 aliphatic carbocycles. The molecule has 0 aliphatic heterocycles. The van der Waals surface area contributed by atoms with E-state index in [-0.39, 0.29) is 6.10 Å². The van der Waals surface area contributed by atoms with Gasteiger partial charge in [0.25, 0.3) is 0 Å². The van der Waals surface area contributed by atoms with Crippen LogP contribution in [-0.4, -0.2) is 5.11 Å². The van der Waals surface area contributed by atoms with Gasteiger partial charge in [0, 0.05) is 0 Å². The fraction of sp³-hybridized carbons (Fsp3) is 0.647. The fourth-order valence-corrected chi connectivity index (χ4v) is 4.42. The summed E-state index contributed by atoms with van der Waals surface area (Å²) in [6, 6.07) is 8.66. The highest BCUT2D eigenvalue weighted by Crippen LogP contribution is 2.62. The van der Waals surface area contributed by atoms with Gasteiger partial charge in [-0.25, -0.2) is 0 Å². The van der Waals surface area contributed by atoms with Crippen molar-refractivity contribution in [1.82, 2.24) is 0 Å². The lowest BCUT2D eigenvalue weighted by Gasteiger charge is -2.29. The van der Waals surface area contributed by atoms with Gasteiger partial charge in [0.1, 0.15) is 0 Å². The molecule has 0 radical (unpaired) electrons. The highest BCUT2D eigenvalue weighted by molar-refractivity contribution is 5.35. The van der Waals surface area contributed by atoms with E-state index in [4.69, 9.17) is 0 Å². The maximum atomic E-state index is 10.7. The van der Waals surface area contributed by atoms with Crippen molar-refractivity contribution in [3.05, 3.63) is 35.4 Å². The maximum absolute atomic E-state index is 10.7. The molecule has 3 fully saturated rings. The quantitative estimate of drug-likeness (QED) is 0.848. The molecule has 1 N–H and O–H groups in total. The van der Waals surface area contributed by atoms with Crippen molar-refractivity contribution in [2.45, 2.75) is 50.5 Å². The van der Waals surface area contributed by atoms with Gasteiger partial charge >= 0.3 is 0 Å². The van der Waals surface area contributed by atoms with E-state index in [1.54, 1.807) is 0 Å². The lowest BCUT2D eigenvalue weighted by atomic mass is 9.77. The largest absolute Gasteiger partial charge is 0.388 e. The van der Waals surface area contributed by atoms with Crippen LogP contribution in [0.2, 0.25) is 0 Å². The summed E-state index contributed by atoms with van der Waals surface area (Å²) < 4.78 is 0. The molecule has 18 heavy (non-hydrogen) atoms. The van der Waals surface area contributed by atoms with Crippen LogP contribution in [0, 0.1) is 17.8 Å². The Hall–Kier alpha value is -0.820. The van der Waals surface area contributed by atoms with Crippen molar-refractivity contribution in [3.63, 3.8) is 0 Å². The van der Waals surface area contributed by atoms with Gasteiger partial charge in [-0.15, -0.1) is 0 Å². The van der Waals surface area contributed by atoms with E-state index >= 15 is 0 Å². The highest BCUT2D eigenvalue weighted by Gasteiger charge is 2.56. The fourth-order valence-electron chi connectivity index (χ4n) is 4.42. The molecule has 0 amide bonds. The van der Waals surface area contributed by atoms with Crippen LogP contribution in [-0.2, 0) is 0 Å². The Balaban J connectivity index is 1.60. The molecule has 0 aromatic heterocycles. The lowest BCUT2D eigenvalue weighted by Crippen LogP contribution is -2.14. The maximum Gasteiger partial charge on any atom is 0.0826 e. The lowest BCUT2D eigenvalue weighted by molar-refractivity contribution is 0.135. The minimum absolute atomic E-state index is 0.183. The topological polar surface area (TPSA) is 20.2 Å². The number of benzene rings is 1. The minimum Gasteiger partial charge on any atom is -0.388 e. The van der Waals surface area contributed by atoms with Crippen molar-refractivity contribution in [3.8, 4) is 0 Å². The van der Waals surface area contributed by atoms with E-state index in [1.165, 1.54) is 49.7 Å². The summed E-state index contributed by atoms with van der Waals surface area (Å²) >= 11 is 0. The zero-order valence-electron chi connectivity index (χ0n) is 10.9. The van der Waals surface area contributed by atoms with Gasteiger partial charge < -0.3 is 5.11 Å². The Morgan fingerprint density at radius 3 is 2.28 bits per heavy atom. The number of rotatable bonds is 3. The van der Waals surface area contributed by atoms with E-state index in [2.05, 4.69) is 24.3 Å². The zero-order valence-corrected chi connectivity index (χ0v) is 10.9. The third-order valence-electron chi connectivity index (χ3n) is 5.70. The van der Waals surface area contributed by atoms with Crippen LogP contribution in [0.4, 0.5) is 0 Å². The molecule has 1 heteroatoms. The normalized spacial score (nSPS) is 35.9. The van der Waals surface area contributed by atoms with Gasteiger partial charge in [0.15, 0.2) is 0 Å². The second-order valence-corrected chi connectivity index (χ2v) is 6.54. The summed E-state index contributed by atoms with van der Waals surface area (Å²) in [5.74, 6) is 3.00. The molecular formula is C17H22O. The Bertz CT molecular complexity index is 439. The van der Waals surface area contributed by atoms with Crippen LogP contribution in [0.1, 0.15) is 61.7 Å². The van der Waals surface area contributed by atoms with Crippen molar-refractivity contribution in [2.75, 3.05) is 0 Å². The molecule has 1 nitrogen and oxygen atoms in total. The van der Waals surface area contributed by atoms with Gasteiger partial charge in [-0.2, -0.15) is 0 Å². The molecule has 3 unspecified atom stereocenters. The molecule has 0 spiro atoms. The molecule has 1 aromatic carbocycles. The molecule has 0 saturated heterocycles. The van der Waals surface area contributed by atoms with Crippen LogP contribution in [0.5, 0.6) is 0 Å². The van der Waals surface area contributed by atoms with E-state index in [1.807, 2.05) is 0 Å². The Morgan fingerprint density at radius 1 is 0.944 bits per heavy atom. The second-order valence-electron chi connectivity index (χ2n) is 6.54. The number of fused-ring (bicyclic) bond motifs is 1. The number of hydrogen-bond donors (Lipinski definition) is 1. The summed E-state index contributed by atoms with van der Waals surface area (Å²) in [5.41, 5.74) is 2.70. The van der Waals surface area contributed by atoms with E-state index < -0.39 is 0 Å². The molecule has 0 bridgehead atoms. The first kappa shape index (κ1) is 11.0. The Morgan fingerprint density at radius 2 is 1.61 bits per heavy atom. The number of aliphatic hydroxyl groups is 1. The van der Waals surface area contributed by atoms with Gasteiger partial charge in [0.05, 0.1) is 6.10 Å². The SMILES string of the molecule is OC(c1ccccc1C1CCC1)C1C2CCCC21. The average Bonchev–Trinajstić information content (AvgIpc) is 2.80. The molecule has 0 heterocycles. The van der Waals surface area contributed by atoms with Gasteiger partial charge in [-0.3, -0.25) is 0 Å². The number of hydrogen-bond acceptors (Lipinski definition) is 1. The summed E-state index contributed by atoms with van der Waals surface area (Å²) in [7, 11) is 0. The van der Waals surface area contributed by atoms with E-state index in [0.29, 0.717) is 5.92 Å². The predicted octanol–water partition coefficient (Wildman–Crippen LogP) is 4.03. The summed E-state index contributed by atoms with van der Waals surface area (Å²) in [4.78, 5) is 0.